The number of aromatic carboxylic acids is 1. The van der Waals surface area contributed by atoms with Gasteiger partial charge in [0, 0.05) is 32.0 Å². The Hall–Kier alpha value is -1.62. The second-order valence-electron chi connectivity index (χ2n) is 4.63. The number of hydrogen-bond donors (Lipinski definition) is 1. The molecule has 1 saturated carbocycles. The summed E-state index contributed by atoms with van der Waals surface area (Å²) in [5.74, 6) is -0.281. The Bertz CT molecular complexity index is 476. The van der Waals surface area contributed by atoms with Crippen LogP contribution in [0.4, 0.5) is 0 Å². The minimum absolute atomic E-state index is 0.133. The van der Waals surface area contributed by atoms with Crippen LogP contribution in [0.2, 0.25) is 0 Å². The summed E-state index contributed by atoms with van der Waals surface area (Å²) < 4.78 is 6.89. The number of aromatic nitrogens is 1. The van der Waals surface area contributed by atoms with Gasteiger partial charge >= 0.3 is 5.97 Å². The lowest BCUT2D eigenvalue weighted by Gasteiger charge is -2.07. The monoisotopic (exact) mass is 251 g/mol. The van der Waals surface area contributed by atoms with Crippen molar-refractivity contribution in [1.29, 1.82) is 0 Å². The number of pyridine rings is 1. The minimum Gasteiger partial charge on any atom is -0.478 e. The summed E-state index contributed by atoms with van der Waals surface area (Å²) in [6.07, 6.45) is 4.63. The molecule has 18 heavy (non-hydrogen) atoms. The SMILES string of the molecule is O=C(O)c1ccc(=O)n(CCCOCC2CC2)c1. The van der Waals surface area contributed by atoms with Gasteiger partial charge in [0.2, 0.25) is 0 Å². The van der Waals surface area contributed by atoms with E-state index in [1.54, 1.807) is 0 Å². The van der Waals surface area contributed by atoms with Crippen LogP contribution in [0.3, 0.4) is 0 Å². The van der Waals surface area contributed by atoms with Gasteiger partial charge in [0.15, 0.2) is 0 Å². The molecule has 0 spiro atoms. The molecule has 0 aromatic carbocycles. The average molecular weight is 251 g/mol. The fourth-order valence-corrected chi connectivity index (χ4v) is 1.70. The van der Waals surface area contributed by atoms with Gasteiger partial charge in [-0.2, -0.15) is 0 Å². The molecule has 1 aromatic heterocycles. The molecule has 0 unspecified atom stereocenters. The molecule has 1 N–H and O–H groups in total. The van der Waals surface area contributed by atoms with Crippen LogP contribution in [0.1, 0.15) is 29.6 Å². The fourth-order valence-electron chi connectivity index (χ4n) is 1.70. The molecule has 5 heteroatoms. The Morgan fingerprint density at radius 3 is 2.89 bits per heavy atom. The highest BCUT2D eigenvalue weighted by Crippen LogP contribution is 2.28. The van der Waals surface area contributed by atoms with Crippen LogP contribution in [-0.2, 0) is 11.3 Å². The van der Waals surface area contributed by atoms with Crippen molar-refractivity contribution in [2.45, 2.75) is 25.8 Å². The van der Waals surface area contributed by atoms with E-state index in [1.807, 2.05) is 0 Å². The van der Waals surface area contributed by atoms with Gasteiger partial charge in [-0.3, -0.25) is 4.79 Å². The zero-order valence-corrected chi connectivity index (χ0v) is 10.2. The summed E-state index contributed by atoms with van der Waals surface area (Å²) in [6, 6.07) is 2.61. The van der Waals surface area contributed by atoms with Gasteiger partial charge in [-0.05, 0) is 31.2 Å². The molecule has 0 aliphatic heterocycles. The lowest BCUT2D eigenvalue weighted by Crippen LogP contribution is -2.21. The maximum absolute atomic E-state index is 11.5. The fraction of sp³-hybridized carbons (Fsp3) is 0.538. The largest absolute Gasteiger partial charge is 0.478 e. The third-order valence-corrected chi connectivity index (χ3v) is 2.97. The van der Waals surface area contributed by atoms with Crippen LogP contribution >= 0.6 is 0 Å². The number of carbonyl (C=O) groups is 1. The minimum atomic E-state index is -1.02. The summed E-state index contributed by atoms with van der Waals surface area (Å²) in [4.78, 5) is 22.3. The van der Waals surface area contributed by atoms with Crippen LogP contribution in [-0.4, -0.2) is 28.9 Å². The summed E-state index contributed by atoms with van der Waals surface area (Å²) in [5, 5.41) is 8.84. The van der Waals surface area contributed by atoms with Crippen molar-refractivity contribution in [2.24, 2.45) is 5.92 Å². The van der Waals surface area contributed by atoms with Gasteiger partial charge < -0.3 is 14.4 Å². The first kappa shape index (κ1) is 12.8. The van der Waals surface area contributed by atoms with Gasteiger partial charge in [0.25, 0.3) is 5.56 Å². The van der Waals surface area contributed by atoms with Crippen molar-refractivity contribution in [1.82, 2.24) is 4.57 Å². The molecular formula is C13H17NO4. The predicted molar refractivity (Wildman–Crippen MR) is 65.8 cm³/mol. The molecule has 1 heterocycles. The highest BCUT2D eigenvalue weighted by molar-refractivity contribution is 5.87. The van der Waals surface area contributed by atoms with Crippen molar-refractivity contribution in [2.75, 3.05) is 13.2 Å². The number of rotatable bonds is 7. The van der Waals surface area contributed by atoms with Gasteiger partial charge in [-0.15, -0.1) is 0 Å². The molecule has 2 rings (SSSR count). The van der Waals surface area contributed by atoms with E-state index in [9.17, 15) is 9.59 Å². The molecule has 1 aliphatic carbocycles. The van der Waals surface area contributed by atoms with Gasteiger partial charge in [-0.1, -0.05) is 0 Å². The Morgan fingerprint density at radius 1 is 1.44 bits per heavy atom. The molecule has 0 saturated heterocycles. The standard InChI is InChI=1S/C13H17NO4/c15-12-5-4-11(13(16)17)8-14(12)6-1-7-18-9-10-2-3-10/h4-5,8,10H,1-3,6-7,9H2,(H,16,17). The normalized spacial score (nSPS) is 14.7. The third kappa shape index (κ3) is 3.70. The van der Waals surface area contributed by atoms with Crippen molar-refractivity contribution >= 4 is 5.97 Å². The van der Waals surface area contributed by atoms with E-state index in [-0.39, 0.29) is 11.1 Å². The topological polar surface area (TPSA) is 68.5 Å². The van der Waals surface area contributed by atoms with Crippen LogP contribution in [0.5, 0.6) is 0 Å². The van der Waals surface area contributed by atoms with E-state index in [2.05, 4.69) is 0 Å². The number of ether oxygens (including phenoxy) is 1. The first-order valence-electron chi connectivity index (χ1n) is 6.18. The molecule has 1 aromatic rings. The van der Waals surface area contributed by atoms with Gasteiger partial charge in [0.05, 0.1) is 5.56 Å². The molecule has 98 valence electrons. The van der Waals surface area contributed by atoms with E-state index in [1.165, 1.54) is 35.7 Å². The maximum atomic E-state index is 11.5. The van der Waals surface area contributed by atoms with Crippen molar-refractivity contribution in [3.05, 3.63) is 34.2 Å². The highest BCUT2D eigenvalue weighted by Gasteiger charge is 2.20. The van der Waals surface area contributed by atoms with E-state index < -0.39 is 5.97 Å². The second kappa shape index (κ2) is 5.82. The molecule has 1 fully saturated rings. The molecule has 1 aliphatic rings. The molecule has 0 atom stereocenters. The molecule has 0 radical (unpaired) electrons. The van der Waals surface area contributed by atoms with E-state index in [0.717, 1.165) is 18.9 Å². The Balaban J connectivity index is 1.81. The van der Waals surface area contributed by atoms with Gasteiger partial charge in [-0.25, -0.2) is 4.79 Å². The van der Waals surface area contributed by atoms with Gasteiger partial charge in [0.1, 0.15) is 0 Å². The Kier molecular flexibility index (Phi) is 4.15. The Labute approximate surface area is 105 Å². The Morgan fingerprint density at radius 2 is 2.22 bits per heavy atom. The summed E-state index contributed by atoms with van der Waals surface area (Å²) >= 11 is 0. The average Bonchev–Trinajstić information content (AvgIpc) is 3.14. The van der Waals surface area contributed by atoms with E-state index in [0.29, 0.717) is 13.2 Å². The quantitative estimate of drug-likeness (QED) is 0.743. The summed E-state index contributed by atoms with van der Waals surface area (Å²) in [5.41, 5.74) is -0.0457. The number of nitrogens with zero attached hydrogens (tertiary/aromatic N) is 1. The lowest BCUT2D eigenvalue weighted by atomic mass is 10.3. The third-order valence-electron chi connectivity index (χ3n) is 2.97. The van der Waals surface area contributed by atoms with E-state index in [4.69, 9.17) is 9.84 Å². The smallest absolute Gasteiger partial charge is 0.337 e. The molecule has 5 nitrogen and oxygen atoms in total. The predicted octanol–water partition coefficient (Wildman–Crippen LogP) is 1.36. The maximum Gasteiger partial charge on any atom is 0.337 e. The highest BCUT2D eigenvalue weighted by atomic mass is 16.5. The summed E-state index contributed by atoms with van der Waals surface area (Å²) in [6.45, 7) is 1.91. The van der Waals surface area contributed by atoms with Crippen molar-refractivity contribution in [3.8, 4) is 0 Å². The number of hydrogen-bond acceptors (Lipinski definition) is 3. The molecular weight excluding hydrogens is 234 g/mol. The van der Waals surface area contributed by atoms with Crippen LogP contribution in [0.25, 0.3) is 0 Å². The summed E-state index contributed by atoms with van der Waals surface area (Å²) in [7, 11) is 0. The first-order valence-corrected chi connectivity index (χ1v) is 6.18. The number of carboxylic acid groups (broad SMARTS) is 1. The van der Waals surface area contributed by atoms with E-state index >= 15 is 0 Å². The lowest BCUT2D eigenvalue weighted by molar-refractivity contribution is 0.0695. The van der Waals surface area contributed by atoms with Crippen LogP contribution in [0.15, 0.2) is 23.1 Å². The van der Waals surface area contributed by atoms with Crippen LogP contribution < -0.4 is 5.56 Å². The van der Waals surface area contributed by atoms with Crippen molar-refractivity contribution in [3.63, 3.8) is 0 Å². The van der Waals surface area contributed by atoms with Crippen molar-refractivity contribution < 1.29 is 14.6 Å². The molecule has 0 bridgehead atoms. The second-order valence-corrected chi connectivity index (χ2v) is 4.63. The number of aryl methyl sites for hydroxylation is 1. The first-order chi connectivity index (χ1) is 8.66. The zero-order valence-electron chi connectivity index (χ0n) is 10.2. The van der Waals surface area contributed by atoms with Crippen LogP contribution in [0, 0.1) is 5.92 Å². The number of carboxylic acids is 1. The molecule has 0 amide bonds. The zero-order chi connectivity index (χ0) is 13.0.